The van der Waals surface area contributed by atoms with Crippen LogP contribution in [0.1, 0.15) is 40.5 Å². The maximum absolute atomic E-state index is 4.93. The van der Waals surface area contributed by atoms with Crippen molar-refractivity contribution >= 4 is 33.0 Å². The molecule has 0 aliphatic carbocycles. The Morgan fingerprint density at radius 3 is 2.69 bits per heavy atom. The minimum atomic E-state index is 0.644. The lowest BCUT2D eigenvalue weighted by Gasteiger charge is -2.14. The molecule has 0 aromatic carbocycles. The van der Waals surface area contributed by atoms with Crippen molar-refractivity contribution in [1.29, 1.82) is 0 Å². The molecule has 1 saturated heterocycles. The van der Waals surface area contributed by atoms with Gasteiger partial charge in [-0.2, -0.15) is 0 Å². The molecule has 0 atom stereocenters. The molecule has 1 aliphatic rings. The van der Waals surface area contributed by atoms with E-state index in [0.717, 1.165) is 52.8 Å². The van der Waals surface area contributed by atoms with Crippen LogP contribution in [0.5, 0.6) is 0 Å². The molecule has 150 valence electrons. The van der Waals surface area contributed by atoms with Crippen molar-refractivity contribution in [3.63, 3.8) is 0 Å². The second-order valence-corrected chi connectivity index (χ2v) is 9.12. The fraction of sp³-hybridized carbons (Fsp3) is 0.409. The van der Waals surface area contributed by atoms with Crippen LogP contribution in [0.25, 0.3) is 15.9 Å². The van der Waals surface area contributed by atoms with E-state index >= 15 is 0 Å². The van der Waals surface area contributed by atoms with E-state index in [0.29, 0.717) is 6.54 Å². The summed E-state index contributed by atoms with van der Waals surface area (Å²) in [4.78, 5) is 19.4. The SMILES string of the molecule is Cc1sc2nc(CN3CCCC3)nc(NCc3cn4c(C)cccc4n3)c2c1C. The normalized spacial score (nSPS) is 15.0. The fourth-order valence-electron chi connectivity index (χ4n) is 4.09. The molecule has 29 heavy (non-hydrogen) atoms. The molecular formula is C22H26N6S. The van der Waals surface area contributed by atoms with Gasteiger partial charge in [-0.15, -0.1) is 11.3 Å². The van der Waals surface area contributed by atoms with Gasteiger partial charge in [0.25, 0.3) is 0 Å². The van der Waals surface area contributed by atoms with Gasteiger partial charge in [0.05, 0.1) is 24.2 Å². The van der Waals surface area contributed by atoms with Crippen LogP contribution >= 0.6 is 11.3 Å². The summed E-state index contributed by atoms with van der Waals surface area (Å²) in [6.45, 7) is 10.2. The Kier molecular flexibility index (Phi) is 4.72. The Hall–Kier alpha value is -2.51. The number of nitrogens with zero attached hydrogens (tertiary/aromatic N) is 5. The molecule has 4 aromatic heterocycles. The second kappa shape index (κ2) is 7.39. The van der Waals surface area contributed by atoms with Crippen molar-refractivity contribution in [2.75, 3.05) is 18.4 Å². The second-order valence-electron chi connectivity index (χ2n) is 7.92. The molecule has 0 saturated carbocycles. The van der Waals surface area contributed by atoms with Gasteiger partial charge in [0, 0.05) is 16.8 Å². The van der Waals surface area contributed by atoms with Crippen molar-refractivity contribution in [1.82, 2.24) is 24.3 Å². The number of pyridine rings is 1. The van der Waals surface area contributed by atoms with Crippen LogP contribution in [0.2, 0.25) is 0 Å². The molecule has 6 nitrogen and oxygen atoms in total. The Bertz CT molecular complexity index is 1190. The summed E-state index contributed by atoms with van der Waals surface area (Å²) in [7, 11) is 0. The van der Waals surface area contributed by atoms with Crippen LogP contribution in [0.4, 0.5) is 5.82 Å². The molecule has 5 rings (SSSR count). The monoisotopic (exact) mass is 406 g/mol. The molecule has 0 bridgehead atoms. The first-order chi connectivity index (χ1) is 14.1. The number of fused-ring (bicyclic) bond motifs is 2. The van der Waals surface area contributed by atoms with Gasteiger partial charge in [0.15, 0.2) is 0 Å². The lowest BCUT2D eigenvalue weighted by atomic mass is 10.2. The molecule has 1 aliphatic heterocycles. The first kappa shape index (κ1) is 18.5. The largest absolute Gasteiger partial charge is 0.364 e. The van der Waals surface area contributed by atoms with Crippen LogP contribution in [-0.2, 0) is 13.1 Å². The summed E-state index contributed by atoms with van der Waals surface area (Å²) in [5, 5.41) is 4.72. The average Bonchev–Trinajstić information content (AvgIpc) is 3.41. The van der Waals surface area contributed by atoms with E-state index in [4.69, 9.17) is 15.0 Å². The minimum absolute atomic E-state index is 0.644. The molecule has 1 N–H and O–H groups in total. The zero-order valence-electron chi connectivity index (χ0n) is 17.2. The summed E-state index contributed by atoms with van der Waals surface area (Å²) in [6, 6.07) is 6.19. The number of hydrogen-bond donors (Lipinski definition) is 1. The van der Waals surface area contributed by atoms with E-state index in [-0.39, 0.29) is 0 Å². The van der Waals surface area contributed by atoms with Crippen LogP contribution in [0, 0.1) is 20.8 Å². The smallest absolute Gasteiger partial charge is 0.146 e. The molecule has 0 spiro atoms. The van der Waals surface area contributed by atoms with E-state index in [1.54, 1.807) is 11.3 Å². The Labute approximate surface area is 174 Å². The van der Waals surface area contributed by atoms with Gasteiger partial charge in [0.1, 0.15) is 22.1 Å². The molecule has 7 heteroatoms. The van der Waals surface area contributed by atoms with Crippen molar-refractivity contribution < 1.29 is 0 Å². The Morgan fingerprint density at radius 1 is 1.07 bits per heavy atom. The van der Waals surface area contributed by atoms with Crippen LogP contribution in [0.15, 0.2) is 24.4 Å². The number of rotatable bonds is 5. The van der Waals surface area contributed by atoms with E-state index in [1.807, 2.05) is 12.1 Å². The van der Waals surface area contributed by atoms with Crippen molar-refractivity contribution in [2.24, 2.45) is 0 Å². The van der Waals surface area contributed by atoms with Gasteiger partial charge < -0.3 is 9.72 Å². The summed E-state index contributed by atoms with van der Waals surface area (Å²) in [5.41, 5.74) is 4.44. The summed E-state index contributed by atoms with van der Waals surface area (Å²) < 4.78 is 2.13. The van der Waals surface area contributed by atoms with Gasteiger partial charge in [-0.3, -0.25) is 4.90 Å². The third-order valence-corrected chi connectivity index (χ3v) is 6.92. The summed E-state index contributed by atoms with van der Waals surface area (Å²) in [6.07, 6.45) is 4.66. The third kappa shape index (κ3) is 3.49. The summed E-state index contributed by atoms with van der Waals surface area (Å²) in [5.74, 6) is 1.84. The number of nitrogens with one attached hydrogen (secondary N) is 1. The molecule has 0 unspecified atom stereocenters. The molecule has 0 radical (unpaired) electrons. The molecular weight excluding hydrogens is 380 g/mol. The van der Waals surface area contributed by atoms with Crippen LogP contribution in [-0.4, -0.2) is 37.3 Å². The molecule has 5 heterocycles. The van der Waals surface area contributed by atoms with Crippen molar-refractivity contribution in [3.05, 3.63) is 52.0 Å². The van der Waals surface area contributed by atoms with Crippen LogP contribution in [0.3, 0.4) is 0 Å². The standard InChI is InChI=1S/C22H26N6S/c1-14-7-6-8-19-24-17(12-28(14)19)11-23-21-20-15(2)16(3)29-22(20)26-18(25-21)13-27-9-4-5-10-27/h6-8,12H,4-5,9-11,13H2,1-3H3,(H,23,25,26). The topological polar surface area (TPSA) is 58.4 Å². The number of hydrogen-bond acceptors (Lipinski definition) is 6. The fourth-order valence-corrected chi connectivity index (χ4v) is 5.14. The number of imidazole rings is 1. The zero-order chi connectivity index (χ0) is 20.0. The number of aromatic nitrogens is 4. The first-order valence-electron chi connectivity index (χ1n) is 10.2. The zero-order valence-corrected chi connectivity index (χ0v) is 18.0. The van der Waals surface area contributed by atoms with Gasteiger partial charge in [-0.25, -0.2) is 15.0 Å². The number of aryl methyl sites for hydroxylation is 3. The van der Waals surface area contributed by atoms with Gasteiger partial charge >= 0.3 is 0 Å². The lowest BCUT2D eigenvalue weighted by molar-refractivity contribution is 0.323. The van der Waals surface area contributed by atoms with E-state index in [2.05, 4.69) is 47.7 Å². The van der Waals surface area contributed by atoms with Crippen molar-refractivity contribution in [2.45, 2.75) is 46.7 Å². The van der Waals surface area contributed by atoms with E-state index < -0.39 is 0 Å². The predicted molar refractivity (Wildman–Crippen MR) is 119 cm³/mol. The minimum Gasteiger partial charge on any atom is -0.364 e. The first-order valence-corrected chi connectivity index (χ1v) is 11.1. The maximum atomic E-state index is 4.93. The highest BCUT2D eigenvalue weighted by Crippen LogP contribution is 2.33. The average molecular weight is 407 g/mol. The quantitative estimate of drug-likeness (QED) is 0.530. The number of anilines is 1. The highest BCUT2D eigenvalue weighted by molar-refractivity contribution is 7.18. The Morgan fingerprint density at radius 2 is 1.90 bits per heavy atom. The predicted octanol–water partition coefficient (Wildman–Crippen LogP) is 4.47. The van der Waals surface area contributed by atoms with Crippen molar-refractivity contribution in [3.8, 4) is 0 Å². The maximum Gasteiger partial charge on any atom is 0.146 e. The molecule has 0 amide bonds. The van der Waals surface area contributed by atoms with Gasteiger partial charge in [-0.05, 0) is 64.4 Å². The van der Waals surface area contributed by atoms with Crippen LogP contribution < -0.4 is 5.32 Å². The molecule has 4 aromatic rings. The highest BCUT2D eigenvalue weighted by Gasteiger charge is 2.18. The number of thiophene rings is 1. The summed E-state index contributed by atoms with van der Waals surface area (Å²) >= 11 is 1.76. The molecule has 1 fully saturated rings. The van der Waals surface area contributed by atoms with E-state index in [1.165, 1.54) is 29.0 Å². The Balaban J connectivity index is 1.47. The lowest BCUT2D eigenvalue weighted by Crippen LogP contribution is -2.20. The number of likely N-dealkylation sites (tertiary alicyclic amines) is 1. The van der Waals surface area contributed by atoms with E-state index in [9.17, 15) is 0 Å². The van der Waals surface area contributed by atoms with Gasteiger partial charge in [0.2, 0.25) is 0 Å². The van der Waals surface area contributed by atoms with Gasteiger partial charge in [-0.1, -0.05) is 6.07 Å². The third-order valence-electron chi connectivity index (χ3n) is 5.82. The highest BCUT2D eigenvalue weighted by atomic mass is 32.1.